The molecule has 0 aliphatic carbocycles. The third-order valence-corrected chi connectivity index (χ3v) is 3.36. The van der Waals surface area contributed by atoms with Gasteiger partial charge < -0.3 is 5.73 Å². The molecule has 2 aromatic rings. The van der Waals surface area contributed by atoms with Crippen molar-refractivity contribution in [1.82, 2.24) is 19.6 Å². The molecular formula is C11H14ClN5O. The average Bonchev–Trinajstić information content (AvgIpc) is 2.75. The molecule has 0 bridgehead atoms. The summed E-state index contributed by atoms with van der Waals surface area (Å²) in [5.74, 6) is 0.247. The molecular weight excluding hydrogens is 254 g/mol. The number of rotatable bonds is 3. The van der Waals surface area contributed by atoms with Gasteiger partial charge in [0.25, 0.3) is 0 Å². The van der Waals surface area contributed by atoms with E-state index < -0.39 is 0 Å². The summed E-state index contributed by atoms with van der Waals surface area (Å²) in [6.45, 7) is 1.82. The minimum absolute atomic E-state index is 0.112. The number of aryl methyl sites for hydroxylation is 3. The Bertz CT molecular complexity index is 613. The Kier molecular flexibility index (Phi) is 3.13. The molecule has 0 aliphatic rings. The maximum Gasteiger partial charge on any atom is 0.172 e. The lowest BCUT2D eigenvalue weighted by Crippen LogP contribution is -2.08. The van der Waals surface area contributed by atoms with Gasteiger partial charge >= 0.3 is 0 Å². The molecule has 0 spiro atoms. The molecule has 0 radical (unpaired) electrons. The van der Waals surface area contributed by atoms with Crippen LogP contribution in [0.25, 0.3) is 0 Å². The minimum Gasteiger partial charge on any atom is -0.383 e. The largest absolute Gasteiger partial charge is 0.383 e. The summed E-state index contributed by atoms with van der Waals surface area (Å²) < 4.78 is 3.01. The van der Waals surface area contributed by atoms with E-state index in [4.69, 9.17) is 17.3 Å². The van der Waals surface area contributed by atoms with Crippen LogP contribution >= 0.6 is 11.6 Å². The van der Waals surface area contributed by atoms with Gasteiger partial charge in [0.2, 0.25) is 0 Å². The normalized spacial score (nSPS) is 10.9. The van der Waals surface area contributed by atoms with Gasteiger partial charge in [0.05, 0.1) is 17.5 Å². The molecule has 96 valence electrons. The van der Waals surface area contributed by atoms with Crippen molar-refractivity contribution in [2.24, 2.45) is 14.1 Å². The van der Waals surface area contributed by atoms with Crippen molar-refractivity contribution in [3.8, 4) is 0 Å². The summed E-state index contributed by atoms with van der Waals surface area (Å²) in [6, 6.07) is 0. The van der Waals surface area contributed by atoms with Crippen LogP contribution in [-0.2, 0) is 20.5 Å². The fourth-order valence-electron chi connectivity index (χ4n) is 1.79. The van der Waals surface area contributed by atoms with Crippen LogP contribution in [0.15, 0.2) is 6.20 Å². The van der Waals surface area contributed by atoms with E-state index in [-0.39, 0.29) is 12.2 Å². The monoisotopic (exact) mass is 267 g/mol. The van der Waals surface area contributed by atoms with E-state index in [1.165, 1.54) is 10.9 Å². The highest BCUT2D eigenvalue weighted by molar-refractivity contribution is 6.30. The van der Waals surface area contributed by atoms with Crippen LogP contribution in [-0.4, -0.2) is 25.3 Å². The van der Waals surface area contributed by atoms with E-state index in [2.05, 4.69) is 10.2 Å². The van der Waals surface area contributed by atoms with Crippen LogP contribution in [0.3, 0.4) is 0 Å². The Morgan fingerprint density at radius 3 is 2.56 bits per heavy atom. The third kappa shape index (κ3) is 1.99. The van der Waals surface area contributed by atoms with E-state index in [9.17, 15) is 4.79 Å². The van der Waals surface area contributed by atoms with Crippen molar-refractivity contribution < 1.29 is 4.79 Å². The van der Waals surface area contributed by atoms with E-state index in [1.807, 2.05) is 6.92 Å². The number of hydrogen-bond acceptors (Lipinski definition) is 4. The second-order valence-corrected chi connectivity index (χ2v) is 4.50. The van der Waals surface area contributed by atoms with Gasteiger partial charge in [-0.3, -0.25) is 14.2 Å². The van der Waals surface area contributed by atoms with Gasteiger partial charge in [-0.25, -0.2) is 0 Å². The molecule has 0 amide bonds. The number of halogens is 1. The maximum absolute atomic E-state index is 12.1. The summed E-state index contributed by atoms with van der Waals surface area (Å²) in [6.07, 6.45) is 1.64. The lowest BCUT2D eigenvalue weighted by molar-refractivity contribution is 0.0993. The lowest BCUT2D eigenvalue weighted by atomic mass is 10.1. The van der Waals surface area contributed by atoms with Crippen LogP contribution in [0.4, 0.5) is 5.82 Å². The number of nitrogen functional groups attached to an aromatic ring is 1. The zero-order valence-electron chi connectivity index (χ0n) is 10.4. The van der Waals surface area contributed by atoms with Crippen molar-refractivity contribution in [2.75, 3.05) is 5.73 Å². The number of anilines is 1. The minimum atomic E-state index is -0.112. The summed E-state index contributed by atoms with van der Waals surface area (Å²) in [5, 5.41) is 8.59. The Morgan fingerprint density at radius 1 is 1.44 bits per heavy atom. The van der Waals surface area contributed by atoms with E-state index in [1.54, 1.807) is 18.8 Å². The summed E-state index contributed by atoms with van der Waals surface area (Å²) in [4.78, 5) is 12.1. The van der Waals surface area contributed by atoms with E-state index in [0.717, 1.165) is 11.3 Å². The number of carbonyl (C=O) groups is 1. The van der Waals surface area contributed by atoms with E-state index in [0.29, 0.717) is 16.5 Å². The van der Waals surface area contributed by atoms with Crippen LogP contribution < -0.4 is 5.73 Å². The van der Waals surface area contributed by atoms with Crippen molar-refractivity contribution >= 4 is 23.2 Å². The fraction of sp³-hybridized carbons (Fsp3) is 0.364. The highest BCUT2D eigenvalue weighted by Crippen LogP contribution is 2.21. The Hall–Kier alpha value is -1.82. The molecule has 2 heterocycles. The van der Waals surface area contributed by atoms with Gasteiger partial charge in [0, 0.05) is 26.1 Å². The first kappa shape index (κ1) is 12.6. The third-order valence-electron chi connectivity index (χ3n) is 2.89. The molecule has 0 atom stereocenters. The molecule has 18 heavy (non-hydrogen) atoms. The second kappa shape index (κ2) is 4.45. The number of Topliss-reactive ketones (excluding diaryl/α,β-unsaturated/α-hetero) is 1. The molecule has 0 saturated carbocycles. The average molecular weight is 268 g/mol. The van der Waals surface area contributed by atoms with Gasteiger partial charge in [-0.2, -0.15) is 10.2 Å². The van der Waals surface area contributed by atoms with Crippen molar-refractivity contribution in [2.45, 2.75) is 13.3 Å². The molecule has 0 fully saturated rings. The number of nitrogens with two attached hydrogens (primary N) is 1. The number of carbonyl (C=O) groups excluding carboxylic acids is 1. The molecule has 0 saturated heterocycles. The molecule has 7 heteroatoms. The van der Waals surface area contributed by atoms with Gasteiger partial charge in [-0.15, -0.1) is 0 Å². The van der Waals surface area contributed by atoms with Gasteiger partial charge in [0.15, 0.2) is 5.78 Å². The van der Waals surface area contributed by atoms with Crippen molar-refractivity contribution in [3.05, 3.63) is 28.2 Å². The number of aromatic nitrogens is 4. The summed E-state index contributed by atoms with van der Waals surface area (Å²) in [5.41, 5.74) is 7.66. The zero-order valence-corrected chi connectivity index (χ0v) is 11.2. The first-order valence-corrected chi connectivity index (χ1v) is 5.78. The number of hydrogen-bond donors (Lipinski definition) is 1. The Labute approximate surface area is 109 Å². The standard InChI is InChI=1S/C11H14ClN5O/c1-6-7(10(12)16(2)15-6)4-9(18)8-5-14-17(3)11(8)13/h5H,4,13H2,1-3H3. The SMILES string of the molecule is Cc1nn(C)c(Cl)c1CC(=O)c1cnn(C)c1N. The van der Waals surface area contributed by atoms with Crippen LogP contribution in [0.1, 0.15) is 21.6 Å². The first-order valence-electron chi connectivity index (χ1n) is 5.40. The van der Waals surface area contributed by atoms with Gasteiger partial charge in [0.1, 0.15) is 11.0 Å². The Balaban J connectivity index is 2.30. The fourth-order valence-corrected chi connectivity index (χ4v) is 2.03. The number of ketones is 1. The molecule has 2 rings (SSSR count). The lowest BCUT2D eigenvalue weighted by Gasteiger charge is -2.01. The second-order valence-electron chi connectivity index (χ2n) is 4.15. The molecule has 2 N–H and O–H groups in total. The molecule has 0 unspecified atom stereocenters. The topological polar surface area (TPSA) is 78.7 Å². The highest BCUT2D eigenvalue weighted by Gasteiger charge is 2.19. The van der Waals surface area contributed by atoms with Gasteiger partial charge in [-0.05, 0) is 6.92 Å². The maximum atomic E-state index is 12.1. The molecule has 2 aromatic heterocycles. The Morgan fingerprint density at radius 2 is 2.11 bits per heavy atom. The summed E-state index contributed by atoms with van der Waals surface area (Å²) >= 11 is 6.09. The predicted molar refractivity (Wildman–Crippen MR) is 68.6 cm³/mol. The van der Waals surface area contributed by atoms with Crippen LogP contribution in [0.2, 0.25) is 5.15 Å². The summed E-state index contributed by atoms with van der Waals surface area (Å²) in [7, 11) is 3.43. The predicted octanol–water partition coefficient (Wildman–Crippen LogP) is 1.12. The first-order chi connectivity index (χ1) is 8.41. The molecule has 6 nitrogen and oxygen atoms in total. The molecule has 0 aromatic carbocycles. The van der Waals surface area contributed by atoms with Crippen LogP contribution in [0.5, 0.6) is 0 Å². The van der Waals surface area contributed by atoms with Crippen LogP contribution in [0, 0.1) is 6.92 Å². The van der Waals surface area contributed by atoms with E-state index >= 15 is 0 Å². The number of nitrogens with zero attached hydrogens (tertiary/aromatic N) is 4. The van der Waals surface area contributed by atoms with Crippen molar-refractivity contribution in [1.29, 1.82) is 0 Å². The molecule has 0 aliphatic heterocycles. The van der Waals surface area contributed by atoms with Gasteiger partial charge in [-0.1, -0.05) is 11.6 Å². The highest BCUT2D eigenvalue weighted by atomic mass is 35.5. The quantitative estimate of drug-likeness (QED) is 0.846. The zero-order chi connectivity index (χ0) is 13.4. The van der Waals surface area contributed by atoms with Crippen molar-refractivity contribution in [3.63, 3.8) is 0 Å². The smallest absolute Gasteiger partial charge is 0.172 e.